The Balaban J connectivity index is 2.20. The van der Waals surface area contributed by atoms with Gasteiger partial charge in [-0.1, -0.05) is 39.0 Å². The van der Waals surface area contributed by atoms with Gasteiger partial charge >= 0.3 is 0 Å². The molecule has 1 amide bonds. The summed E-state index contributed by atoms with van der Waals surface area (Å²) in [6, 6.07) is 12.7. The largest absolute Gasteiger partial charge is 0.438 e. The summed E-state index contributed by atoms with van der Waals surface area (Å²) in [4.78, 5) is 29.1. The van der Waals surface area contributed by atoms with Crippen LogP contribution in [0.15, 0.2) is 53.0 Å². The lowest BCUT2D eigenvalue weighted by Gasteiger charge is -2.19. The van der Waals surface area contributed by atoms with Crippen LogP contribution in [0.25, 0.3) is 11.7 Å². The van der Waals surface area contributed by atoms with Crippen LogP contribution in [0.1, 0.15) is 37.5 Å². The zero-order valence-electron chi connectivity index (χ0n) is 17.3. The van der Waals surface area contributed by atoms with Crippen molar-refractivity contribution in [3.63, 3.8) is 0 Å². The molecule has 2 N–H and O–H groups in total. The SMILES string of the molecule is Cc1cccn2c(=O)c(/C=C(\C#N)C(N)=O)c(Oc3ccc(C(C)(C)C)cc3)nc12. The summed E-state index contributed by atoms with van der Waals surface area (Å²) in [5, 5.41) is 9.20. The van der Waals surface area contributed by atoms with Gasteiger partial charge in [0.25, 0.3) is 11.5 Å². The van der Waals surface area contributed by atoms with E-state index in [1.807, 2.05) is 25.1 Å². The number of hydrogen-bond donors (Lipinski definition) is 1. The van der Waals surface area contributed by atoms with Gasteiger partial charge in [0.05, 0.1) is 0 Å². The molecule has 30 heavy (non-hydrogen) atoms. The van der Waals surface area contributed by atoms with E-state index < -0.39 is 11.5 Å². The number of ether oxygens (including phenoxy) is 1. The quantitative estimate of drug-likeness (QED) is 0.530. The molecule has 0 aliphatic heterocycles. The van der Waals surface area contributed by atoms with E-state index >= 15 is 0 Å². The average molecular weight is 402 g/mol. The summed E-state index contributed by atoms with van der Waals surface area (Å²) in [5.74, 6) is -0.474. The fraction of sp³-hybridized carbons (Fsp3) is 0.217. The van der Waals surface area contributed by atoms with E-state index in [1.165, 1.54) is 4.40 Å². The number of nitrogens with two attached hydrogens (primary N) is 1. The number of nitrogens with zero attached hydrogens (tertiary/aromatic N) is 3. The van der Waals surface area contributed by atoms with E-state index in [4.69, 9.17) is 10.5 Å². The summed E-state index contributed by atoms with van der Waals surface area (Å²) >= 11 is 0. The number of carbonyl (C=O) groups is 1. The minimum Gasteiger partial charge on any atom is -0.438 e. The lowest BCUT2D eigenvalue weighted by atomic mass is 9.87. The average Bonchev–Trinajstić information content (AvgIpc) is 2.68. The highest BCUT2D eigenvalue weighted by atomic mass is 16.5. The molecule has 2 aromatic heterocycles. The van der Waals surface area contributed by atoms with Crippen LogP contribution >= 0.6 is 0 Å². The Morgan fingerprint density at radius 2 is 1.90 bits per heavy atom. The Labute approximate surface area is 174 Å². The molecule has 0 saturated carbocycles. The zero-order valence-corrected chi connectivity index (χ0v) is 17.3. The molecule has 1 aromatic carbocycles. The maximum absolute atomic E-state index is 13.1. The highest BCUT2D eigenvalue weighted by Gasteiger charge is 2.18. The van der Waals surface area contributed by atoms with Crippen LogP contribution < -0.4 is 16.0 Å². The molecular formula is C23H22N4O3. The number of pyridine rings is 1. The number of benzene rings is 1. The fourth-order valence-electron chi connectivity index (χ4n) is 2.93. The standard InChI is InChI=1S/C23H22N4O3/c1-14-6-5-11-27-20(14)26-21(18(22(27)29)12-15(13-24)19(25)28)30-17-9-7-16(8-10-17)23(2,3)4/h5-12H,1-4H3,(H2,25,28)/b15-12+. The molecule has 3 aromatic rings. The van der Waals surface area contributed by atoms with E-state index in [9.17, 15) is 14.9 Å². The van der Waals surface area contributed by atoms with Crippen molar-refractivity contribution < 1.29 is 9.53 Å². The Morgan fingerprint density at radius 1 is 1.23 bits per heavy atom. The van der Waals surface area contributed by atoms with Gasteiger partial charge in [-0.3, -0.25) is 14.0 Å². The molecule has 0 fully saturated rings. The molecule has 0 saturated heterocycles. The van der Waals surface area contributed by atoms with Gasteiger partial charge in [-0.05, 0) is 47.7 Å². The molecular weight excluding hydrogens is 380 g/mol. The van der Waals surface area contributed by atoms with Crippen molar-refractivity contribution in [1.82, 2.24) is 9.38 Å². The number of rotatable bonds is 4. The Bertz CT molecular complexity index is 1260. The lowest BCUT2D eigenvalue weighted by molar-refractivity contribution is -0.114. The number of hydrogen-bond acceptors (Lipinski definition) is 5. The van der Waals surface area contributed by atoms with Crippen molar-refractivity contribution in [2.24, 2.45) is 5.73 Å². The maximum atomic E-state index is 13.1. The van der Waals surface area contributed by atoms with E-state index in [0.717, 1.165) is 17.2 Å². The van der Waals surface area contributed by atoms with Crippen LogP contribution in [0, 0.1) is 18.3 Å². The molecule has 0 radical (unpaired) electrons. The monoisotopic (exact) mass is 402 g/mol. The van der Waals surface area contributed by atoms with Crippen molar-refractivity contribution in [2.45, 2.75) is 33.1 Å². The smallest absolute Gasteiger partial charge is 0.269 e. The summed E-state index contributed by atoms with van der Waals surface area (Å²) in [7, 11) is 0. The third-order valence-corrected chi connectivity index (χ3v) is 4.66. The number of aryl methyl sites for hydroxylation is 1. The first-order chi connectivity index (χ1) is 14.1. The molecule has 2 heterocycles. The molecule has 152 valence electrons. The predicted octanol–water partition coefficient (Wildman–Crippen LogP) is 3.49. The first kappa shape index (κ1) is 20.8. The molecule has 0 spiro atoms. The highest BCUT2D eigenvalue weighted by Crippen LogP contribution is 2.28. The second kappa shape index (κ2) is 7.84. The van der Waals surface area contributed by atoms with E-state index in [0.29, 0.717) is 11.4 Å². The van der Waals surface area contributed by atoms with Crippen LogP contribution in [0.2, 0.25) is 0 Å². The third kappa shape index (κ3) is 4.08. The van der Waals surface area contributed by atoms with E-state index in [1.54, 1.807) is 30.5 Å². The summed E-state index contributed by atoms with van der Waals surface area (Å²) in [6.45, 7) is 8.14. The maximum Gasteiger partial charge on any atom is 0.269 e. The fourth-order valence-corrected chi connectivity index (χ4v) is 2.93. The first-order valence-electron chi connectivity index (χ1n) is 9.34. The molecule has 0 aliphatic rings. The van der Waals surface area contributed by atoms with Crippen LogP contribution in [0.5, 0.6) is 11.6 Å². The second-order valence-electron chi connectivity index (χ2n) is 7.93. The molecule has 0 aliphatic carbocycles. The summed E-state index contributed by atoms with van der Waals surface area (Å²) in [5.41, 5.74) is 6.66. The normalized spacial score (nSPS) is 11.9. The number of aromatic nitrogens is 2. The van der Waals surface area contributed by atoms with Crippen molar-refractivity contribution >= 4 is 17.6 Å². The lowest BCUT2D eigenvalue weighted by Crippen LogP contribution is -2.20. The van der Waals surface area contributed by atoms with Crippen LogP contribution in [0.4, 0.5) is 0 Å². The topological polar surface area (TPSA) is 110 Å². The van der Waals surface area contributed by atoms with E-state index in [-0.39, 0.29) is 22.4 Å². The molecule has 0 unspecified atom stereocenters. The van der Waals surface area contributed by atoms with Gasteiger partial charge in [-0.15, -0.1) is 0 Å². The number of nitriles is 1. The molecule has 7 heteroatoms. The van der Waals surface area contributed by atoms with Gasteiger partial charge in [0.15, 0.2) is 0 Å². The van der Waals surface area contributed by atoms with Gasteiger partial charge in [0, 0.05) is 6.20 Å². The van der Waals surface area contributed by atoms with Crippen LogP contribution in [-0.4, -0.2) is 15.3 Å². The number of amides is 1. The minimum atomic E-state index is -0.938. The minimum absolute atomic E-state index is 0.00758. The number of carbonyl (C=O) groups excluding carboxylic acids is 1. The summed E-state index contributed by atoms with van der Waals surface area (Å²) in [6.07, 6.45) is 2.68. The first-order valence-corrected chi connectivity index (χ1v) is 9.34. The van der Waals surface area contributed by atoms with E-state index in [2.05, 4.69) is 25.8 Å². The van der Waals surface area contributed by atoms with Crippen molar-refractivity contribution in [3.05, 3.63) is 75.2 Å². The van der Waals surface area contributed by atoms with Gasteiger partial charge in [0.2, 0.25) is 5.88 Å². The van der Waals surface area contributed by atoms with Gasteiger partial charge < -0.3 is 10.5 Å². The Hall–Kier alpha value is -3.92. The van der Waals surface area contributed by atoms with Gasteiger partial charge in [-0.25, -0.2) is 0 Å². The van der Waals surface area contributed by atoms with Crippen molar-refractivity contribution in [1.29, 1.82) is 5.26 Å². The summed E-state index contributed by atoms with van der Waals surface area (Å²) < 4.78 is 7.26. The predicted molar refractivity (Wildman–Crippen MR) is 114 cm³/mol. The molecule has 0 atom stereocenters. The Morgan fingerprint density at radius 3 is 2.47 bits per heavy atom. The zero-order chi connectivity index (χ0) is 22.1. The molecule has 7 nitrogen and oxygen atoms in total. The number of primary amides is 1. The highest BCUT2D eigenvalue weighted by molar-refractivity contribution is 6.00. The molecule has 0 bridgehead atoms. The second-order valence-corrected chi connectivity index (χ2v) is 7.93. The van der Waals surface area contributed by atoms with Crippen molar-refractivity contribution in [2.75, 3.05) is 0 Å². The number of fused-ring (bicyclic) bond motifs is 1. The van der Waals surface area contributed by atoms with Crippen molar-refractivity contribution in [3.8, 4) is 17.7 Å². The molecule has 3 rings (SSSR count). The van der Waals surface area contributed by atoms with Gasteiger partial charge in [0.1, 0.15) is 28.6 Å². The Kier molecular flexibility index (Phi) is 5.43. The van der Waals surface area contributed by atoms with Gasteiger partial charge in [-0.2, -0.15) is 10.2 Å². The van der Waals surface area contributed by atoms with Crippen LogP contribution in [-0.2, 0) is 10.2 Å². The van der Waals surface area contributed by atoms with Crippen LogP contribution in [0.3, 0.4) is 0 Å². The third-order valence-electron chi connectivity index (χ3n) is 4.66.